The Hall–Kier alpha value is -2.45. The van der Waals surface area contributed by atoms with Crippen LogP contribution in [0.3, 0.4) is 0 Å². The number of hydrogen-bond acceptors (Lipinski definition) is 7. The number of likely N-dealkylation sites (N-methyl/N-ethyl adjacent to an activating group) is 1. The summed E-state index contributed by atoms with van der Waals surface area (Å²) in [4.78, 5) is 36.8. The molecule has 0 aliphatic carbocycles. The number of aliphatic carboxylic acids is 1. The number of ether oxygens (including phenoxy) is 3. The largest absolute Gasteiger partial charge is 0.544 e. The zero-order valence-electron chi connectivity index (χ0n) is 34.9. The highest BCUT2D eigenvalue weighted by Crippen LogP contribution is 2.13. The smallest absolute Gasteiger partial charge is 0.306 e. The fourth-order valence-corrected chi connectivity index (χ4v) is 6.11. The zero-order chi connectivity index (χ0) is 39.3. The minimum Gasteiger partial charge on any atom is -0.544 e. The van der Waals surface area contributed by atoms with Gasteiger partial charge in [0.2, 0.25) is 0 Å². The second-order valence-corrected chi connectivity index (χ2v) is 15.6. The first kappa shape index (κ1) is 50.5. The normalized spacial score (nSPS) is 13.3. The van der Waals surface area contributed by atoms with Gasteiger partial charge in [-0.15, -0.1) is 0 Å². The third kappa shape index (κ3) is 35.0. The standard InChI is InChI=1S/C45H81NO7/c1-6-8-10-12-14-16-18-20-22-24-25-27-29-31-33-35-43(47)52-40-41(39-51-38-37-42(45(49)50)46(3,4)5)53-44(48)36-34-32-30-28-26-23-21-19-17-15-13-11-9-7-2/h14,16,18,20,23,26,41-42H,6-13,15,17,19,21-22,24-25,27-40H2,1-5H3/b16-14+,20-18+,26-23+. The van der Waals surface area contributed by atoms with Crippen LogP contribution in [0.25, 0.3) is 0 Å². The third-order valence-electron chi connectivity index (χ3n) is 9.53. The summed E-state index contributed by atoms with van der Waals surface area (Å²) in [6.45, 7) is 4.60. The van der Waals surface area contributed by atoms with Crippen molar-refractivity contribution in [3.8, 4) is 0 Å². The summed E-state index contributed by atoms with van der Waals surface area (Å²) in [5.41, 5.74) is 0. The Morgan fingerprint density at radius 2 is 1.00 bits per heavy atom. The van der Waals surface area contributed by atoms with Crippen molar-refractivity contribution in [3.05, 3.63) is 36.5 Å². The maximum Gasteiger partial charge on any atom is 0.306 e. The molecule has 0 heterocycles. The summed E-state index contributed by atoms with van der Waals surface area (Å²) in [7, 11) is 5.39. The van der Waals surface area contributed by atoms with Gasteiger partial charge in [-0.25, -0.2) is 0 Å². The van der Waals surface area contributed by atoms with E-state index in [4.69, 9.17) is 14.2 Å². The Labute approximate surface area is 325 Å². The van der Waals surface area contributed by atoms with Crippen LogP contribution in [-0.4, -0.2) is 75.5 Å². The molecule has 0 saturated heterocycles. The number of carboxylic acid groups (broad SMARTS) is 1. The molecule has 0 aromatic rings. The molecule has 0 N–H and O–H groups in total. The lowest BCUT2D eigenvalue weighted by atomic mass is 10.1. The first-order chi connectivity index (χ1) is 25.6. The van der Waals surface area contributed by atoms with E-state index >= 15 is 0 Å². The SMILES string of the molecule is CCCCC/C=C/C=C/CCCCCCCCC(=O)OCC(COCCC(C(=O)[O-])[N+](C)(C)C)OC(=O)CCCCC/C=C/CCCCCCCCC. The summed E-state index contributed by atoms with van der Waals surface area (Å²) < 4.78 is 17.1. The average Bonchev–Trinajstić information content (AvgIpc) is 3.11. The highest BCUT2D eigenvalue weighted by Gasteiger charge is 2.25. The Morgan fingerprint density at radius 3 is 1.53 bits per heavy atom. The fraction of sp³-hybridized carbons (Fsp3) is 0.800. The lowest BCUT2D eigenvalue weighted by Crippen LogP contribution is -2.55. The van der Waals surface area contributed by atoms with Gasteiger partial charge in [-0.3, -0.25) is 9.59 Å². The Morgan fingerprint density at radius 1 is 0.566 bits per heavy atom. The molecular weight excluding hydrogens is 666 g/mol. The molecule has 0 aliphatic heterocycles. The van der Waals surface area contributed by atoms with E-state index < -0.39 is 18.1 Å². The zero-order valence-corrected chi connectivity index (χ0v) is 34.9. The number of quaternary nitrogens is 1. The average molecular weight is 748 g/mol. The quantitative estimate of drug-likeness (QED) is 0.0204. The van der Waals surface area contributed by atoms with Crippen LogP contribution < -0.4 is 5.11 Å². The maximum absolute atomic E-state index is 12.7. The second kappa shape index (κ2) is 36.5. The number of esters is 2. The maximum atomic E-state index is 12.7. The van der Waals surface area contributed by atoms with Crippen LogP contribution in [0, 0.1) is 0 Å². The van der Waals surface area contributed by atoms with E-state index in [1.807, 2.05) is 0 Å². The van der Waals surface area contributed by atoms with Crippen LogP contribution in [0.4, 0.5) is 0 Å². The van der Waals surface area contributed by atoms with Crippen molar-refractivity contribution in [3.63, 3.8) is 0 Å². The van der Waals surface area contributed by atoms with E-state index in [9.17, 15) is 19.5 Å². The van der Waals surface area contributed by atoms with Crippen LogP contribution in [0.2, 0.25) is 0 Å². The Balaban J connectivity index is 4.40. The summed E-state index contributed by atoms with van der Waals surface area (Å²) in [5.74, 6) is -1.77. The van der Waals surface area contributed by atoms with E-state index in [-0.39, 0.29) is 42.7 Å². The predicted molar refractivity (Wildman–Crippen MR) is 217 cm³/mol. The van der Waals surface area contributed by atoms with Crippen LogP contribution in [0.5, 0.6) is 0 Å². The van der Waals surface area contributed by atoms with Crippen molar-refractivity contribution in [1.29, 1.82) is 0 Å². The molecule has 0 spiro atoms. The fourth-order valence-electron chi connectivity index (χ4n) is 6.11. The molecule has 8 nitrogen and oxygen atoms in total. The van der Waals surface area contributed by atoms with Crippen molar-refractivity contribution in [2.75, 3.05) is 41.0 Å². The molecule has 2 unspecified atom stereocenters. The number of unbranched alkanes of at least 4 members (excludes halogenated alkanes) is 19. The number of carbonyl (C=O) groups is 3. The molecule has 308 valence electrons. The molecule has 0 aromatic heterocycles. The number of rotatable bonds is 38. The Kier molecular flexibility index (Phi) is 34.8. The van der Waals surface area contributed by atoms with E-state index in [0.717, 1.165) is 64.2 Å². The molecule has 0 amide bonds. The molecule has 8 heteroatoms. The molecule has 0 radical (unpaired) electrons. The van der Waals surface area contributed by atoms with Gasteiger partial charge in [0.1, 0.15) is 12.6 Å². The van der Waals surface area contributed by atoms with Crippen molar-refractivity contribution < 1.29 is 38.2 Å². The first-order valence-electron chi connectivity index (χ1n) is 21.5. The molecule has 0 saturated carbocycles. The lowest BCUT2D eigenvalue weighted by molar-refractivity contribution is -0.889. The van der Waals surface area contributed by atoms with Crippen molar-refractivity contribution in [2.45, 2.75) is 193 Å². The van der Waals surface area contributed by atoms with Gasteiger partial charge >= 0.3 is 11.9 Å². The van der Waals surface area contributed by atoms with Gasteiger partial charge < -0.3 is 28.6 Å². The van der Waals surface area contributed by atoms with Crippen LogP contribution in [-0.2, 0) is 28.6 Å². The van der Waals surface area contributed by atoms with E-state index in [2.05, 4.69) is 50.3 Å². The minimum absolute atomic E-state index is 0.0316. The monoisotopic (exact) mass is 748 g/mol. The number of carboxylic acids is 1. The molecule has 0 aliphatic rings. The van der Waals surface area contributed by atoms with Gasteiger partial charge in [0, 0.05) is 19.3 Å². The minimum atomic E-state index is -1.13. The second-order valence-electron chi connectivity index (χ2n) is 15.6. The molecule has 2 atom stereocenters. The van der Waals surface area contributed by atoms with Crippen molar-refractivity contribution in [1.82, 2.24) is 0 Å². The number of carbonyl (C=O) groups excluding carboxylic acids is 3. The van der Waals surface area contributed by atoms with Crippen molar-refractivity contribution >= 4 is 17.9 Å². The topological polar surface area (TPSA) is 102 Å². The molecular formula is C45H81NO7. The van der Waals surface area contributed by atoms with Crippen LogP contribution >= 0.6 is 0 Å². The van der Waals surface area contributed by atoms with Gasteiger partial charge in [0.15, 0.2) is 6.10 Å². The summed E-state index contributed by atoms with van der Waals surface area (Å²) in [6.07, 6.45) is 40.2. The molecule has 0 fully saturated rings. The first-order valence-corrected chi connectivity index (χ1v) is 21.5. The molecule has 53 heavy (non-hydrogen) atoms. The highest BCUT2D eigenvalue weighted by molar-refractivity contribution is 5.70. The van der Waals surface area contributed by atoms with E-state index in [1.54, 1.807) is 21.1 Å². The van der Waals surface area contributed by atoms with Gasteiger partial charge in [-0.05, 0) is 64.2 Å². The Bertz CT molecular complexity index is 968. The van der Waals surface area contributed by atoms with Gasteiger partial charge in [-0.1, -0.05) is 134 Å². The van der Waals surface area contributed by atoms with E-state index in [0.29, 0.717) is 12.8 Å². The molecule has 0 aromatic carbocycles. The number of nitrogens with zero attached hydrogens (tertiary/aromatic N) is 1. The summed E-state index contributed by atoms with van der Waals surface area (Å²) in [5, 5.41) is 11.6. The van der Waals surface area contributed by atoms with Gasteiger partial charge in [0.25, 0.3) is 0 Å². The summed E-state index contributed by atoms with van der Waals surface area (Å²) in [6, 6.07) is -0.729. The number of allylic oxidation sites excluding steroid dienone is 6. The lowest BCUT2D eigenvalue weighted by Gasteiger charge is -2.34. The molecule has 0 bridgehead atoms. The molecule has 0 rings (SSSR count). The highest BCUT2D eigenvalue weighted by atomic mass is 16.6. The van der Waals surface area contributed by atoms with Crippen LogP contribution in [0.15, 0.2) is 36.5 Å². The van der Waals surface area contributed by atoms with Crippen LogP contribution in [0.1, 0.15) is 181 Å². The van der Waals surface area contributed by atoms with Gasteiger partial charge in [0.05, 0.1) is 40.3 Å². The third-order valence-corrected chi connectivity index (χ3v) is 9.53. The van der Waals surface area contributed by atoms with E-state index in [1.165, 1.54) is 83.5 Å². The summed E-state index contributed by atoms with van der Waals surface area (Å²) >= 11 is 0. The number of hydrogen-bond donors (Lipinski definition) is 0. The van der Waals surface area contributed by atoms with Crippen molar-refractivity contribution in [2.24, 2.45) is 0 Å². The van der Waals surface area contributed by atoms with Gasteiger partial charge in [-0.2, -0.15) is 0 Å². The predicted octanol–water partition coefficient (Wildman–Crippen LogP) is 10.1.